The number of aromatic nitrogens is 5. The maximum atomic E-state index is 12.9. The summed E-state index contributed by atoms with van der Waals surface area (Å²) in [6.07, 6.45) is 6.00. The second-order valence-electron chi connectivity index (χ2n) is 8.35. The van der Waals surface area contributed by atoms with Gasteiger partial charge in [-0.2, -0.15) is 0 Å². The lowest BCUT2D eigenvalue weighted by Gasteiger charge is -2.11. The highest BCUT2D eigenvalue weighted by atomic mass is 16.5. The molecule has 0 atom stereocenters. The lowest BCUT2D eigenvalue weighted by atomic mass is 10.2. The molecule has 0 aliphatic heterocycles. The van der Waals surface area contributed by atoms with Crippen molar-refractivity contribution < 1.29 is 9.53 Å². The molecule has 0 spiro atoms. The number of rotatable bonds is 7. The minimum absolute atomic E-state index is 0.192. The van der Waals surface area contributed by atoms with Gasteiger partial charge in [0.25, 0.3) is 5.91 Å². The van der Waals surface area contributed by atoms with Crippen molar-refractivity contribution in [3.05, 3.63) is 78.2 Å². The number of carbonyl (C=O) groups excluding carboxylic acids is 1. The predicted octanol–water partition coefficient (Wildman–Crippen LogP) is 5.24. The van der Waals surface area contributed by atoms with Crippen molar-refractivity contribution in [2.45, 2.75) is 38.6 Å². The van der Waals surface area contributed by atoms with E-state index in [1.54, 1.807) is 36.7 Å². The second-order valence-corrected chi connectivity index (χ2v) is 8.35. The van der Waals surface area contributed by atoms with Gasteiger partial charge in [-0.1, -0.05) is 18.2 Å². The summed E-state index contributed by atoms with van der Waals surface area (Å²) in [5.74, 6) is 2.48. The minimum Gasteiger partial charge on any atom is -0.439 e. The van der Waals surface area contributed by atoms with E-state index in [0.29, 0.717) is 40.4 Å². The maximum absolute atomic E-state index is 12.9. The van der Waals surface area contributed by atoms with Crippen LogP contribution in [0.2, 0.25) is 0 Å². The first-order valence-electron chi connectivity index (χ1n) is 11.0. The van der Waals surface area contributed by atoms with Crippen molar-refractivity contribution in [3.63, 3.8) is 0 Å². The Morgan fingerprint density at radius 2 is 1.97 bits per heavy atom. The van der Waals surface area contributed by atoms with Crippen molar-refractivity contribution in [3.8, 4) is 23.1 Å². The van der Waals surface area contributed by atoms with Crippen LogP contribution in [0.5, 0.6) is 11.6 Å². The van der Waals surface area contributed by atoms with Crippen molar-refractivity contribution in [1.82, 2.24) is 24.7 Å². The molecule has 1 amide bonds. The fourth-order valence-corrected chi connectivity index (χ4v) is 3.55. The van der Waals surface area contributed by atoms with Crippen LogP contribution in [0.1, 0.15) is 54.6 Å². The Morgan fingerprint density at radius 1 is 1.12 bits per heavy atom. The fraction of sp³-hybridized carbons (Fsp3) is 0.240. The molecule has 1 saturated carbocycles. The van der Waals surface area contributed by atoms with Gasteiger partial charge in [0.2, 0.25) is 5.88 Å². The van der Waals surface area contributed by atoms with Crippen LogP contribution in [0.25, 0.3) is 11.5 Å². The van der Waals surface area contributed by atoms with Crippen LogP contribution in [0.4, 0.5) is 5.82 Å². The van der Waals surface area contributed by atoms with Gasteiger partial charge in [0.05, 0.1) is 0 Å². The van der Waals surface area contributed by atoms with Gasteiger partial charge in [0.1, 0.15) is 23.6 Å². The molecule has 33 heavy (non-hydrogen) atoms. The van der Waals surface area contributed by atoms with Crippen LogP contribution in [0.3, 0.4) is 0 Å². The second kappa shape index (κ2) is 8.82. The number of anilines is 1. The summed E-state index contributed by atoms with van der Waals surface area (Å²) in [5.41, 5.74) is 2.34. The van der Waals surface area contributed by atoms with Gasteiger partial charge in [-0.25, -0.2) is 9.97 Å². The zero-order valence-electron chi connectivity index (χ0n) is 18.5. The van der Waals surface area contributed by atoms with Crippen molar-refractivity contribution in [2.24, 2.45) is 0 Å². The van der Waals surface area contributed by atoms with E-state index in [1.165, 1.54) is 18.4 Å². The van der Waals surface area contributed by atoms with E-state index in [4.69, 9.17) is 4.74 Å². The molecule has 0 radical (unpaired) electrons. The van der Waals surface area contributed by atoms with Gasteiger partial charge in [0, 0.05) is 23.9 Å². The maximum Gasteiger partial charge on any atom is 0.256 e. The molecule has 5 rings (SSSR count). The highest BCUT2D eigenvalue weighted by Crippen LogP contribution is 2.40. The zero-order chi connectivity index (χ0) is 22.8. The molecule has 1 N–H and O–H groups in total. The minimum atomic E-state index is -0.285. The fourth-order valence-electron chi connectivity index (χ4n) is 3.55. The quantitative estimate of drug-likeness (QED) is 0.422. The SMILES string of the molecule is CC(C)n1cnnc1-c1cccc(NC(=O)c2cccc(Oc3ccc(C4CC4)cn3)c2)n1. The molecular formula is C25H24N6O2. The molecule has 0 unspecified atom stereocenters. The standard InChI is InChI=1S/C25H24N6O2/c1-16(2)31-15-27-30-24(31)21-7-4-8-22(28-21)29-25(32)18-5-3-6-20(13-18)33-23-12-11-19(14-26-23)17-9-10-17/h3-8,11-17H,9-10H2,1-2H3,(H,28,29,32). The van der Waals surface area contributed by atoms with Gasteiger partial charge in [0.15, 0.2) is 5.82 Å². The number of nitrogens with zero attached hydrogens (tertiary/aromatic N) is 5. The third-order valence-electron chi connectivity index (χ3n) is 5.48. The summed E-state index contributed by atoms with van der Waals surface area (Å²) in [4.78, 5) is 21.8. The Kier molecular flexibility index (Phi) is 5.56. The third kappa shape index (κ3) is 4.74. The van der Waals surface area contributed by atoms with Crippen LogP contribution in [0, 0.1) is 0 Å². The van der Waals surface area contributed by atoms with E-state index in [0.717, 1.165) is 0 Å². The number of hydrogen-bond acceptors (Lipinski definition) is 6. The number of amides is 1. The van der Waals surface area contributed by atoms with Crippen molar-refractivity contribution in [1.29, 1.82) is 0 Å². The Morgan fingerprint density at radius 3 is 2.73 bits per heavy atom. The monoisotopic (exact) mass is 440 g/mol. The lowest BCUT2D eigenvalue weighted by molar-refractivity contribution is 0.102. The predicted molar refractivity (Wildman–Crippen MR) is 124 cm³/mol. The van der Waals surface area contributed by atoms with Crippen molar-refractivity contribution in [2.75, 3.05) is 5.32 Å². The molecule has 166 valence electrons. The lowest BCUT2D eigenvalue weighted by Crippen LogP contribution is -2.13. The largest absolute Gasteiger partial charge is 0.439 e. The van der Waals surface area contributed by atoms with E-state index in [9.17, 15) is 4.79 Å². The molecule has 1 aliphatic rings. The van der Waals surface area contributed by atoms with Gasteiger partial charge < -0.3 is 14.6 Å². The van der Waals surface area contributed by atoms with Crippen LogP contribution in [-0.4, -0.2) is 30.6 Å². The van der Waals surface area contributed by atoms with Gasteiger partial charge in [-0.15, -0.1) is 10.2 Å². The smallest absolute Gasteiger partial charge is 0.256 e. The average Bonchev–Trinajstić information content (AvgIpc) is 3.55. The highest BCUT2D eigenvalue weighted by Gasteiger charge is 2.23. The van der Waals surface area contributed by atoms with E-state index < -0.39 is 0 Å². The molecule has 0 bridgehead atoms. The van der Waals surface area contributed by atoms with Crippen LogP contribution in [-0.2, 0) is 0 Å². The summed E-state index contributed by atoms with van der Waals surface area (Å²) >= 11 is 0. The van der Waals surface area contributed by atoms with Crippen molar-refractivity contribution >= 4 is 11.7 Å². The number of hydrogen-bond donors (Lipinski definition) is 1. The number of nitrogens with one attached hydrogen (secondary N) is 1. The number of pyridine rings is 2. The van der Waals surface area contributed by atoms with Crippen LogP contribution in [0.15, 0.2) is 67.1 Å². The Bertz CT molecular complexity index is 1280. The molecular weight excluding hydrogens is 416 g/mol. The number of ether oxygens (including phenoxy) is 1. The van der Waals surface area contributed by atoms with E-state index in [1.807, 2.05) is 42.8 Å². The summed E-state index contributed by atoms with van der Waals surface area (Å²) in [6.45, 7) is 4.09. The average molecular weight is 441 g/mol. The first-order valence-corrected chi connectivity index (χ1v) is 11.0. The molecule has 1 fully saturated rings. The van der Waals surface area contributed by atoms with Gasteiger partial charge in [-0.05, 0) is 68.5 Å². The first-order chi connectivity index (χ1) is 16.1. The summed E-state index contributed by atoms with van der Waals surface area (Å²) < 4.78 is 7.78. The molecule has 0 saturated heterocycles. The van der Waals surface area contributed by atoms with E-state index in [-0.39, 0.29) is 11.9 Å². The molecule has 1 aliphatic carbocycles. The molecule has 3 heterocycles. The molecule has 8 nitrogen and oxygen atoms in total. The third-order valence-corrected chi connectivity index (χ3v) is 5.48. The highest BCUT2D eigenvalue weighted by molar-refractivity contribution is 6.04. The molecule has 8 heteroatoms. The first kappa shape index (κ1) is 20.8. The Hall–Kier alpha value is -4.07. The number of carbonyl (C=O) groups is 1. The van der Waals surface area contributed by atoms with Crippen LogP contribution < -0.4 is 10.1 Å². The molecule has 4 aromatic rings. The summed E-state index contributed by atoms with van der Waals surface area (Å²) in [5, 5.41) is 11.0. The summed E-state index contributed by atoms with van der Waals surface area (Å²) in [7, 11) is 0. The van der Waals surface area contributed by atoms with Gasteiger partial charge >= 0.3 is 0 Å². The molecule has 1 aromatic carbocycles. The van der Waals surface area contributed by atoms with Gasteiger partial charge in [-0.3, -0.25) is 4.79 Å². The molecule has 3 aromatic heterocycles. The normalized spacial score (nSPS) is 13.2. The zero-order valence-corrected chi connectivity index (χ0v) is 18.5. The summed E-state index contributed by atoms with van der Waals surface area (Å²) in [6, 6.07) is 16.5. The Balaban J connectivity index is 1.29. The topological polar surface area (TPSA) is 94.8 Å². The van der Waals surface area contributed by atoms with E-state index in [2.05, 4.69) is 31.5 Å². The van der Waals surface area contributed by atoms with E-state index >= 15 is 0 Å². The Labute approximate surface area is 191 Å². The number of benzene rings is 1. The van der Waals surface area contributed by atoms with Crippen LogP contribution >= 0.6 is 0 Å².